The summed E-state index contributed by atoms with van der Waals surface area (Å²) in [6.45, 7) is 6.57. The molecule has 0 aliphatic heterocycles. The lowest BCUT2D eigenvalue weighted by Gasteiger charge is -2.12. The molecule has 0 aromatic heterocycles. The summed E-state index contributed by atoms with van der Waals surface area (Å²) in [5, 5.41) is 0. The topological polar surface area (TPSA) is 26.0 Å². The molecule has 0 heterocycles. The lowest BCUT2D eigenvalue weighted by atomic mass is 10.1. The molecular weight excluding hydrogens is 202 g/mol. The SMILES string of the molecule is CC(C)CCSc1ccccc1[C@@H](C)N. The van der Waals surface area contributed by atoms with E-state index in [1.165, 1.54) is 22.6 Å². The molecule has 0 bridgehead atoms. The van der Waals surface area contributed by atoms with E-state index in [2.05, 4.69) is 38.1 Å². The van der Waals surface area contributed by atoms with Gasteiger partial charge in [-0.1, -0.05) is 32.0 Å². The molecule has 0 fully saturated rings. The second-order valence-electron chi connectivity index (χ2n) is 4.36. The summed E-state index contributed by atoms with van der Waals surface area (Å²) >= 11 is 1.92. The Morgan fingerprint density at radius 1 is 1.20 bits per heavy atom. The van der Waals surface area contributed by atoms with Crippen LogP contribution in [-0.4, -0.2) is 5.75 Å². The van der Waals surface area contributed by atoms with Gasteiger partial charge in [0.1, 0.15) is 0 Å². The summed E-state index contributed by atoms with van der Waals surface area (Å²) in [6.07, 6.45) is 1.26. The largest absolute Gasteiger partial charge is 0.324 e. The molecule has 15 heavy (non-hydrogen) atoms. The van der Waals surface area contributed by atoms with E-state index in [4.69, 9.17) is 5.73 Å². The second-order valence-corrected chi connectivity index (χ2v) is 5.49. The van der Waals surface area contributed by atoms with E-state index in [-0.39, 0.29) is 6.04 Å². The fourth-order valence-electron chi connectivity index (χ4n) is 1.39. The fourth-order valence-corrected chi connectivity index (χ4v) is 2.80. The Morgan fingerprint density at radius 2 is 1.87 bits per heavy atom. The number of hydrogen-bond donors (Lipinski definition) is 1. The van der Waals surface area contributed by atoms with Crippen LogP contribution in [0.1, 0.15) is 38.8 Å². The third-order valence-electron chi connectivity index (χ3n) is 2.36. The predicted molar refractivity (Wildman–Crippen MR) is 69.2 cm³/mol. The standard InChI is InChI=1S/C13H21NS/c1-10(2)8-9-15-13-7-5-4-6-12(13)11(3)14/h4-7,10-11H,8-9,14H2,1-3H3/t11-/m1/s1. The van der Waals surface area contributed by atoms with Crippen molar-refractivity contribution in [3.63, 3.8) is 0 Å². The van der Waals surface area contributed by atoms with Crippen LogP contribution >= 0.6 is 11.8 Å². The molecule has 0 spiro atoms. The van der Waals surface area contributed by atoms with Crippen molar-refractivity contribution < 1.29 is 0 Å². The van der Waals surface area contributed by atoms with Gasteiger partial charge in [-0.2, -0.15) is 0 Å². The minimum Gasteiger partial charge on any atom is -0.324 e. The van der Waals surface area contributed by atoms with Crippen LogP contribution in [0.25, 0.3) is 0 Å². The molecule has 1 aromatic rings. The molecule has 0 aliphatic carbocycles. The number of thioether (sulfide) groups is 1. The molecule has 0 radical (unpaired) electrons. The van der Waals surface area contributed by atoms with Gasteiger partial charge in [0.25, 0.3) is 0 Å². The van der Waals surface area contributed by atoms with Crippen LogP contribution in [0.2, 0.25) is 0 Å². The first-order valence-electron chi connectivity index (χ1n) is 5.58. The summed E-state index contributed by atoms with van der Waals surface area (Å²) in [5.41, 5.74) is 7.20. The maximum Gasteiger partial charge on any atom is 0.0277 e. The first-order valence-corrected chi connectivity index (χ1v) is 6.57. The van der Waals surface area contributed by atoms with Gasteiger partial charge in [-0.05, 0) is 36.6 Å². The highest BCUT2D eigenvalue weighted by molar-refractivity contribution is 7.99. The van der Waals surface area contributed by atoms with E-state index in [1.54, 1.807) is 0 Å². The van der Waals surface area contributed by atoms with E-state index >= 15 is 0 Å². The van der Waals surface area contributed by atoms with Crippen molar-refractivity contribution in [1.29, 1.82) is 0 Å². The van der Waals surface area contributed by atoms with Crippen LogP contribution in [0.5, 0.6) is 0 Å². The highest BCUT2D eigenvalue weighted by Gasteiger charge is 2.06. The zero-order chi connectivity index (χ0) is 11.3. The zero-order valence-electron chi connectivity index (χ0n) is 9.86. The molecule has 0 aliphatic rings. The molecule has 0 saturated heterocycles. The first-order chi connectivity index (χ1) is 7.11. The summed E-state index contributed by atoms with van der Waals surface area (Å²) in [5.74, 6) is 1.96. The van der Waals surface area contributed by atoms with Crippen LogP contribution in [0.4, 0.5) is 0 Å². The van der Waals surface area contributed by atoms with Crippen LogP contribution in [0.3, 0.4) is 0 Å². The van der Waals surface area contributed by atoms with Gasteiger partial charge in [0.2, 0.25) is 0 Å². The second kappa shape index (κ2) is 6.19. The normalized spacial score (nSPS) is 13.1. The molecule has 2 N–H and O–H groups in total. The van der Waals surface area contributed by atoms with E-state index in [0.29, 0.717) is 0 Å². The third kappa shape index (κ3) is 4.27. The van der Waals surface area contributed by atoms with Gasteiger partial charge in [0.15, 0.2) is 0 Å². The predicted octanol–water partition coefficient (Wildman–Crippen LogP) is 3.84. The van der Waals surface area contributed by atoms with Crippen molar-refractivity contribution >= 4 is 11.8 Å². The molecule has 1 aromatic carbocycles. The monoisotopic (exact) mass is 223 g/mol. The van der Waals surface area contributed by atoms with E-state index in [9.17, 15) is 0 Å². The van der Waals surface area contributed by atoms with Crippen LogP contribution in [-0.2, 0) is 0 Å². The summed E-state index contributed by atoms with van der Waals surface area (Å²) in [6, 6.07) is 8.58. The molecular formula is C13H21NS. The molecule has 2 heteroatoms. The summed E-state index contributed by atoms with van der Waals surface area (Å²) in [7, 11) is 0. The quantitative estimate of drug-likeness (QED) is 0.767. The highest BCUT2D eigenvalue weighted by Crippen LogP contribution is 2.27. The minimum atomic E-state index is 0.132. The average molecular weight is 223 g/mol. The Hall–Kier alpha value is -0.470. The smallest absolute Gasteiger partial charge is 0.0277 e. The number of hydrogen-bond acceptors (Lipinski definition) is 2. The Balaban J connectivity index is 2.59. The van der Waals surface area contributed by atoms with E-state index in [1.807, 2.05) is 18.7 Å². The van der Waals surface area contributed by atoms with Crippen molar-refractivity contribution in [3.8, 4) is 0 Å². The maximum absolute atomic E-state index is 5.93. The fraction of sp³-hybridized carbons (Fsp3) is 0.538. The zero-order valence-corrected chi connectivity index (χ0v) is 10.7. The first kappa shape index (κ1) is 12.6. The van der Waals surface area contributed by atoms with Gasteiger partial charge in [0, 0.05) is 10.9 Å². The molecule has 0 unspecified atom stereocenters. The van der Waals surface area contributed by atoms with Crippen LogP contribution < -0.4 is 5.73 Å². The molecule has 0 amide bonds. The van der Waals surface area contributed by atoms with Crippen molar-refractivity contribution in [2.75, 3.05) is 5.75 Å². The molecule has 1 nitrogen and oxygen atoms in total. The average Bonchev–Trinajstić information content (AvgIpc) is 2.17. The highest BCUT2D eigenvalue weighted by atomic mass is 32.2. The van der Waals surface area contributed by atoms with Crippen molar-refractivity contribution in [3.05, 3.63) is 29.8 Å². The lowest BCUT2D eigenvalue weighted by Crippen LogP contribution is -2.06. The van der Waals surface area contributed by atoms with Crippen molar-refractivity contribution in [2.45, 2.75) is 38.1 Å². The summed E-state index contributed by atoms with van der Waals surface area (Å²) in [4.78, 5) is 1.34. The Morgan fingerprint density at radius 3 is 2.47 bits per heavy atom. The van der Waals surface area contributed by atoms with Gasteiger partial charge in [-0.3, -0.25) is 0 Å². The number of benzene rings is 1. The molecule has 1 atom stereocenters. The van der Waals surface area contributed by atoms with E-state index < -0.39 is 0 Å². The van der Waals surface area contributed by atoms with E-state index in [0.717, 1.165) is 5.92 Å². The molecule has 0 saturated carbocycles. The number of rotatable bonds is 5. The van der Waals surface area contributed by atoms with Gasteiger partial charge < -0.3 is 5.73 Å². The Labute approximate surface area is 97.4 Å². The third-order valence-corrected chi connectivity index (χ3v) is 3.48. The van der Waals surface area contributed by atoms with Gasteiger partial charge >= 0.3 is 0 Å². The summed E-state index contributed by atoms with van der Waals surface area (Å²) < 4.78 is 0. The minimum absolute atomic E-state index is 0.132. The van der Waals surface area contributed by atoms with Gasteiger partial charge in [-0.25, -0.2) is 0 Å². The van der Waals surface area contributed by atoms with Gasteiger partial charge in [-0.15, -0.1) is 11.8 Å². The van der Waals surface area contributed by atoms with Crippen molar-refractivity contribution in [1.82, 2.24) is 0 Å². The molecule has 1 rings (SSSR count). The molecule has 84 valence electrons. The number of nitrogens with two attached hydrogens (primary N) is 1. The van der Waals surface area contributed by atoms with Gasteiger partial charge in [0.05, 0.1) is 0 Å². The van der Waals surface area contributed by atoms with Crippen LogP contribution in [0, 0.1) is 5.92 Å². The Kier molecular flexibility index (Phi) is 5.20. The lowest BCUT2D eigenvalue weighted by molar-refractivity contribution is 0.632. The maximum atomic E-state index is 5.93. The van der Waals surface area contributed by atoms with Crippen LogP contribution in [0.15, 0.2) is 29.2 Å². The Bertz CT molecular complexity index is 294. The van der Waals surface area contributed by atoms with Crippen molar-refractivity contribution in [2.24, 2.45) is 11.7 Å².